The van der Waals surface area contributed by atoms with Gasteiger partial charge in [0.05, 0.1) is 0 Å². The summed E-state index contributed by atoms with van der Waals surface area (Å²) in [5.74, 6) is 0. The van der Waals surface area contributed by atoms with E-state index < -0.39 is 0 Å². The molecule has 1 nitrogen and oxygen atoms in total. The SMILES string of the molecule is C[C@@H](NC1CCC12CCCCC2)c1ccccc1Br. The molecule has 2 atom stereocenters. The molecule has 2 aliphatic carbocycles. The molecule has 2 aliphatic rings. The first-order valence-electron chi connectivity index (χ1n) is 7.72. The van der Waals surface area contributed by atoms with Gasteiger partial charge in [-0.05, 0) is 49.7 Å². The smallest absolute Gasteiger partial charge is 0.0305 e. The van der Waals surface area contributed by atoms with E-state index in [0.29, 0.717) is 11.5 Å². The molecule has 0 radical (unpaired) electrons. The van der Waals surface area contributed by atoms with Crippen molar-refractivity contribution < 1.29 is 0 Å². The molecule has 1 N–H and O–H groups in total. The maximum Gasteiger partial charge on any atom is 0.0305 e. The minimum atomic E-state index is 0.444. The molecule has 0 aromatic heterocycles. The molecular formula is C17H24BrN. The highest BCUT2D eigenvalue weighted by atomic mass is 79.9. The maximum absolute atomic E-state index is 3.90. The predicted octanol–water partition coefficient (Wildman–Crippen LogP) is 5.21. The second-order valence-corrected chi connectivity index (χ2v) is 7.28. The Morgan fingerprint density at radius 3 is 2.53 bits per heavy atom. The summed E-state index contributed by atoms with van der Waals surface area (Å²) in [5.41, 5.74) is 2.04. The van der Waals surface area contributed by atoms with E-state index in [-0.39, 0.29) is 0 Å². The standard InChI is InChI=1S/C17H24BrN/c1-13(14-7-3-4-8-15(14)18)19-16-9-12-17(16)10-5-2-6-11-17/h3-4,7-8,13,16,19H,2,5-6,9-12H2,1H3/t13-,16?/m1/s1. The van der Waals surface area contributed by atoms with Crippen molar-refractivity contribution in [2.24, 2.45) is 5.41 Å². The number of halogens is 1. The van der Waals surface area contributed by atoms with Crippen molar-refractivity contribution in [1.29, 1.82) is 0 Å². The molecule has 2 heteroatoms. The number of rotatable bonds is 3. The van der Waals surface area contributed by atoms with E-state index in [1.165, 1.54) is 55.0 Å². The van der Waals surface area contributed by atoms with Gasteiger partial charge in [-0.15, -0.1) is 0 Å². The van der Waals surface area contributed by atoms with E-state index in [0.717, 1.165) is 6.04 Å². The molecule has 0 bridgehead atoms. The van der Waals surface area contributed by atoms with E-state index in [4.69, 9.17) is 0 Å². The van der Waals surface area contributed by atoms with E-state index in [2.05, 4.69) is 52.4 Å². The van der Waals surface area contributed by atoms with Gasteiger partial charge in [0.2, 0.25) is 0 Å². The van der Waals surface area contributed by atoms with Crippen molar-refractivity contribution in [3.05, 3.63) is 34.3 Å². The lowest BCUT2D eigenvalue weighted by atomic mass is 9.57. The number of hydrogen-bond acceptors (Lipinski definition) is 1. The molecule has 104 valence electrons. The molecule has 0 heterocycles. The highest BCUT2D eigenvalue weighted by Crippen LogP contribution is 2.52. The molecule has 0 amide bonds. The average molecular weight is 322 g/mol. The number of hydrogen-bond donors (Lipinski definition) is 1. The van der Waals surface area contributed by atoms with E-state index in [1.54, 1.807) is 0 Å². The van der Waals surface area contributed by atoms with Crippen LogP contribution in [0.25, 0.3) is 0 Å². The van der Waals surface area contributed by atoms with Crippen molar-refractivity contribution in [3.63, 3.8) is 0 Å². The summed E-state index contributed by atoms with van der Waals surface area (Å²) in [6.07, 6.45) is 10.1. The predicted molar refractivity (Wildman–Crippen MR) is 84.2 cm³/mol. The van der Waals surface area contributed by atoms with Crippen LogP contribution in [0, 0.1) is 5.41 Å². The van der Waals surface area contributed by atoms with Gasteiger partial charge in [0.15, 0.2) is 0 Å². The minimum absolute atomic E-state index is 0.444. The molecule has 1 unspecified atom stereocenters. The molecule has 0 saturated heterocycles. The van der Waals surface area contributed by atoms with Crippen molar-refractivity contribution in [2.75, 3.05) is 0 Å². The van der Waals surface area contributed by atoms with Gasteiger partial charge in [-0.25, -0.2) is 0 Å². The van der Waals surface area contributed by atoms with Crippen LogP contribution in [0.5, 0.6) is 0 Å². The Labute approximate surface area is 125 Å². The summed E-state index contributed by atoms with van der Waals surface area (Å²) in [7, 11) is 0. The van der Waals surface area contributed by atoms with Crippen LogP contribution in [-0.2, 0) is 0 Å². The lowest BCUT2D eigenvalue weighted by Gasteiger charge is -2.53. The fourth-order valence-electron chi connectivity index (χ4n) is 4.03. The Bertz CT molecular complexity index is 437. The van der Waals surface area contributed by atoms with Crippen LogP contribution >= 0.6 is 15.9 Å². The summed E-state index contributed by atoms with van der Waals surface area (Å²) in [6, 6.07) is 9.79. The Morgan fingerprint density at radius 1 is 1.16 bits per heavy atom. The fourth-order valence-corrected chi connectivity index (χ4v) is 4.66. The first kappa shape index (κ1) is 13.6. The van der Waals surface area contributed by atoms with Crippen molar-refractivity contribution in [1.82, 2.24) is 5.32 Å². The summed E-state index contributed by atoms with van der Waals surface area (Å²) in [4.78, 5) is 0. The van der Waals surface area contributed by atoms with Crippen LogP contribution in [-0.4, -0.2) is 6.04 Å². The van der Waals surface area contributed by atoms with E-state index in [9.17, 15) is 0 Å². The number of nitrogens with one attached hydrogen (secondary N) is 1. The van der Waals surface area contributed by atoms with E-state index >= 15 is 0 Å². The summed E-state index contributed by atoms with van der Waals surface area (Å²) < 4.78 is 1.23. The van der Waals surface area contributed by atoms with Crippen LogP contribution in [0.3, 0.4) is 0 Å². The zero-order valence-electron chi connectivity index (χ0n) is 11.8. The van der Waals surface area contributed by atoms with Gasteiger partial charge in [-0.2, -0.15) is 0 Å². The Hall–Kier alpha value is -0.340. The Morgan fingerprint density at radius 2 is 1.89 bits per heavy atom. The molecular weight excluding hydrogens is 298 g/mol. The Kier molecular flexibility index (Phi) is 4.00. The quantitative estimate of drug-likeness (QED) is 0.805. The second-order valence-electron chi connectivity index (χ2n) is 6.42. The lowest BCUT2D eigenvalue weighted by molar-refractivity contribution is 0.0174. The average Bonchev–Trinajstić information content (AvgIpc) is 2.45. The van der Waals surface area contributed by atoms with Crippen LogP contribution in [0.4, 0.5) is 0 Å². The minimum Gasteiger partial charge on any atom is -0.307 e. The van der Waals surface area contributed by atoms with Crippen LogP contribution in [0.15, 0.2) is 28.7 Å². The summed E-state index contributed by atoms with van der Waals surface area (Å²) in [6.45, 7) is 2.30. The normalized spacial score (nSPS) is 26.9. The molecule has 0 aliphatic heterocycles. The van der Waals surface area contributed by atoms with Gasteiger partial charge in [-0.1, -0.05) is 53.4 Å². The first-order chi connectivity index (χ1) is 9.21. The largest absolute Gasteiger partial charge is 0.307 e. The molecule has 19 heavy (non-hydrogen) atoms. The number of benzene rings is 1. The lowest BCUT2D eigenvalue weighted by Crippen LogP contribution is -2.54. The van der Waals surface area contributed by atoms with E-state index in [1.807, 2.05) is 0 Å². The highest BCUT2D eigenvalue weighted by molar-refractivity contribution is 9.10. The summed E-state index contributed by atoms with van der Waals surface area (Å²) in [5, 5.41) is 3.90. The third-order valence-electron chi connectivity index (χ3n) is 5.34. The highest BCUT2D eigenvalue weighted by Gasteiger charge is 2.46. The molecule has 3 rings (SSSR count). The summed E-state index contributed by atoms with van der Waals surface area (Å²) >= 11 is 3.67. The van der Waals surface area contributed by atoms with Crippen molar-refractivity contribution in [3.8, 4) is 0 Å². The Balaban J connectivity index is 1.67. The first-order valence-corrected chi connectivity index (χ1v) is 8.51. The third kappa shape index (κ3) is 2.62. The molecule has 1 aromatic rings. The van der Waals surface area contributed by atoms with Gasteiger partial charge in [0.25, 0.3) is 0 Å². The maximum atomic E-state index is 3.90. The van der Waals surface area contributed by atoms with Crippen molar-refractivity contribution >= 4 is 15.9 Å². The van der Waals surface area contributed by atoms with Crippen LogP contribution in [0.2, 0.25) is 0 Å². The fraction of sp³-hybridized carbons (Fsp3) is 0.647. The van der Waals surface area contributed by atoms with Crippen LogP contribution in [0.1, 0.15) is 63.5 Å². The second kappa shape index (κ2) is 5.57. The molecule has 2 fully saturated rings. The van der Waals surface area contributed by atoms with Gasteiger partial charge in [0, 0.05) is 16.6 Å². The van der Waals surface area contributed by atoms with Gasteiger partial charge < -0.3 is 5.32 Å². The molecule has 1 aromatic carbocycles. The zero-order chi connectivity index (χ0) is 13.3. The third-order valence-corrected chi connectivity index (χ3v) is 6.06. The van der Waals surface area contributed by atoms with Gasteiger partial charge in [-0.3, -0.25) is 0 Å². The zero-order valence-corrected chi connectivity index (χ0v) is 13.4. The molecule has 1 spiro atoms. The molecule has 2 saturated carbocycles. The topological polar surface area (TPSA) is 12.0 Å². The van der Waals surface area contributed by atoms with Crippen molar-refractivity contribution in [2.45, 2.75) is 64.0 Å². The monoisotopic (exact) mass is 321 g/mol. The van der Waals surface area contributed by atoms with Gasteiger partial charge in [0.1, 0.15) is 0 Å². The van der Waals surface area contributed by atoms with Gasteiger partial charge >= 0.3 is 0 Å². The van der Waals surface area contributed by atoms with Crippen LogP contribution < -0.4 is 5.32 Å².